The minimum absolute atomic E-state index is 0.00350. The predicted molar refractivity (Wildman–Crippen MR) is 78.7 cm³/mol. The Bertz CT molecular complexity index is 783. The molecule has 0 aromatic heterocycles. The molecule has 0 radical (unpaired) electrons. The first-order valence-electron chi connectivity index (χ1n) is 5.94. The Labute approximate surface area is 122 Å². The van der Waals surface area contributed by atoms with Gasteiger partial charge in [0, 0.05) is 11.1 Å². The summed E-state index contributed by atoms with van der Waals surface area (Å²) in [5.41, 5.74) is 6.17. The standard InChI is InChI=1S/C14H14N2O4S/c1-20-11-5-2-9(3-6-11)14(17)10-4-7-12(15)13(8-10)21(16,18)19/h2-8H,15H2,1H3,(H2,16,18,19). The maximum atomic E-state index is 12.3. The van der Waals surface area contributed by atoms with Crippen LogP contribution in [0.25, 0.3) is 0 Å². The van der Waals surface area contributed by atoms with Crippen LogP contribution in [0.4, 0.5) is 5.69 Å². The molecule has 0 aliphatic carbocycles. The van der Waals surface area contributed by atoms with Gasteiger partial charge in [0.05, 0.1) is 12.8 Å². The smallest absolute Gasteiger partial charge is 0.240 e. The van der Waals surface area contributed by atoms with E-state index in [-0.39, 0.29) is 21.9 Å². The van der Waals surface area contributed by atoms with Crippen LogP contribution in [-0.2, 0) is 10.0 Å². The fraction of sp³-hybridized carbons (Fsp3) is 0.0714. The van der Waals surface area contributed by atoms with Crippen LogP contribution in [0.2, 0.25) is 0 Å². The van der Waals surface area contributed by atoms with Crippen LogP contribution >= 0.6 is 0 Å². The molecule has 2 aromatic rings. The molecule has 0 saturated carbocycles. The highest BCUT2D eigenvalue weighted by molar-refractivity contribution is 7.89. The monoisotopic (exact) mass is 306 g/mol. The summed E-state index contributed by atoms with van der Waals surface area (Å²) in [6.45, 7) is 0. The van der Waals surface area contributed by atoms with Crippen molar-refractivity contribution in [1.29, 1.82) is 0 Å². The highest BCUT2D eigenvalue weighted by atomic mass is 32.2. The van der Waals surface area contributed by atoms with Gasteiger partial charge in [0.15, 0.2) is 5.78 Å². The van der Waals surface area contributed by atoms with E-state index in [0.717, 1.165) is 0 Å². The highest BCUT2D eigenvalue weighted by Crippen LogP contribution is 2.21. The van der Waals surface area contributed by atoms with Gasteiger partial charge in [-0.05, 0) is 42.5 Å². The fourth-order valence-electron chi connectivity index (χ4n) is 1.83. The van der Waals surface area contributed by atoms with Crippen LogP contribution in [0.5, 0.6) is 5.75 Å². The molecule has 0 spiro atoms. The van der Waals surface area contributed by atoms with Crippen molar-refractivity contribution in [3.05, 3.63) is 53.6 Å². The van der Waals surface area contributed by atoms with Crippen LogP contribution < -0.4 is 15.6 Å². The van der Waals surface area contributed by atoms with Crippen molar-refractivity contribution >= 4 is 21.5 Å². The summed E-state index contributed by atoms with van der Waals surface area (Å²) in [6, 6.07) is 10.4. The number of anilines is 1. The summed E-state index contributed by atoms with van der Waals surface area (Å²) in [4.78, 5) is 12.1. The number of rotatable bonds is 4. The van der Waals surface area contributed by atoms with E-state index in [1.807, 2.05) is 0 Å². The molecule has 0 fully saturated rings. The first kappa shape index (κ1) is 15.0. The van der Waals surface area contributed by atoms with Crippen LogP contribution in [0.1, 0.15) is 15.9 Å². The Hall–Kier alpha value is -2.38. The van der Waals surface area contributed by atoms with Gasteiger partial charge in [-0.1, -0.05) is 0 Å². The fourth-order valence-corrected chi connectivity index (χ4v) is 2.52. The number of ketones is 1. The molecule has 0 amide bonds. The number of hydrogen-bond acceptors (Lipinski definition) is 5. The average Bonchev–Trinajstić information content (AvgIpc) is 2.46. The molecule has 0 aliphatic rings. The quantitative estimate of drug-likeness (QED) is 0.650. The number of nitrogens with two attached hydrogens (primary N) is 2. The number of methoxy groups -OCH3 is 1. The molecule has 2 rings (SSSR count). The lowest BCUT2D eigenvalue weighted by Crippen LogP contribution is -2.15. The molecule has 0 saturated heterocycles. The van der Waals surface area contributed by atoms with Crippen LogP contribution in [0.3, 0.4) is 0 Å². The van der Waals surface area contributed by atoms with E-state index in [9.17, 15) is 13.2 Å². The van der Waals surface area contributed by atoms with Crippen LogP contribution in [0.15, 0.2) is 47.4 Å². The molecule has 0 heterocycles. The van der Waals surface area contributed by atoms with Gasteiger partial charge in [-0.25, -0.2) is 13.6 Å². The van der Waals surface area contributed by atoms with Crippen molar-refractivity contribution in [1.82, 2.24) is 0 Å². The molecule has 7 heteroatoms. The van der Waals surface area contributed by atoms with E-state index in [2.05, 4.69) is 0 Å². The topological polar surface area (TPSA) is 112 Å². The number of nitrogen functional groups attached to an aromatic ring is 1. The Morgan fingerprint density at radius 2 is 1.62 bits per heavy atom. The number of hydrogen-bond donors (Lipinski definition) is 2. The number of carbonyl (C=O) groups is 1. The first-order chi connectivity index (χ1) is 9.82. The summed E-state index contributed by atoms with van der Waals surface area (Å²) in [7, 11) is -2.46. The van der Waals surface area contributed by atoms with Gasteiger partial charge in [0.2, 0.25) is 10.0 Å². The molecule has 2 aromatic carbocycles. The van der Waals surface area contributed by atoms with E-state index in [0.29, 0.717) is 11.3 Å². The largest absolute Gasteiger partial charge is 0.497 e. The SMILES string of the molecule is COc1ccc(C(=O)c2ccc(N)c(S(N)(=O)=O)c2)cc1. The van der Waals surface area contributed by atoms with Gasteiger partial charge in [-0.2, -0.15) is 0 Å². The normalized spacial score (nSPS) is 11.1. The third-order valence-electron chi connectivity index (χ3n) is 2.93. The average molecular weight is 306 g/mol. The van der Waals surface area contributed by atoms with Crippen molar-refractivity contribution in [2.75, 3.05) is 12.8 Å². The summed E-state index contributed by atoms with van der Waals surface area (Å²) < 4.78 is 27.8. The summed E-state index contributed by atoms with van der Waals surface area (Å²) >= 11 is 0. The lowest BCUT2D eigenvalue weighted by atomic mass is 10.0. The molecule has 0 bridgehead atoms. The van der Waals surface area contributed by atoms with Crippen LogP contribution in [-0.4, -0.2) is 21.3 Å². The maximum absolute atomic E-state index is 12.3. The highest BCUT2D eigenvalue weighted by Gasteiger charge is 2.16. The first-order valence-corrected chi connectivity index (χ1v) is 7.48. The van der Waals surface area contributed by atoms with Gasteiger partial charge in [-0.3, -0.25) is 4.79 Å². The van der Waals surface area contributed by atoms with Gasteiger partial charge < -0.3 is 10.5 Å². The molecule has 0 atom stereocenters. The lowest BCUT2D eigenvalue weighted by Gasteiger charge is -2.07. The van der Waals surface area contributed by atoms with Crippen molar-refractivity contribution in [3.63, 3.8) is 0 Å². The number of primary sulfonamides is 1. The van der Waals surface area contributed by atoms with Gasteiger partial charge in [0.25, 0.3) is 0 Å². The van der Waals surface area contributed by atoms with Crippen LogP contribution in [0, 0.1) is 0 Å². The summed E-state index contributed by atoms with van der Waals surface area (Å²) in [5, 5.41) is 5.07. The van der Waals surface area contributed by atoms with Crippen molar-refractivity contribution in [3.8, 4) is 5.75 Å². The number of benzene rings is 2. The summed E-state index contributed by atoms with van der Waals surface area (Å²) in [5.74, 6) is 0.289. The second kappa shape index (κ2) is 5.55. The Kier molecular flexibility index (Phi) is 3.97. The summed E-state index contributed by atoms with van der Waals surface area (Å²) in [6.07, 6.45) is 0. The number of carbonyl (C=O) groups excluding carboxylic acids is 1. The molecular weight excluding hydrogens is 292 g/mol. The third kappa shape index (κ3) is 3.21. The Balaban J connectivity index is 2.44. The third-order valence-corrected chi connectivity index (χ3v) is 3.90. The number of sulfonamides is 1. The van der Waals surface area contributed by atoms with E-state index in [1.165, 1.54) is 25.3 Å². The number of ether oxygens (including phenoxy) is 1. The molecule has 4 N–H and O–H groups in total. The Morgan fingerprint density at radius 3 is 2.14 bits per heavy atom. The Morgan fingerprint density at radius 1 is 1.05 bits per heavy atom. The van der Waals surface area contributed by atoms with Crippen molar-refractivity contribution in [2.24, 2.45) is 5.14 Å². The zero-order chi connectivity index (χ0) is 15.6. The second-order valence-corrected chi connectivity index (χ2v) is 5.89. The molecule has 110 valence electrons. The molecule has 6 nitrogen and oxygen atoms in total. The zero-order valence-corrected chi connectivity index (χ0v) is 12.1. The van der Waals surface area contributed by atoms with Crippen molar-refractivity contribution < 1.29 is 17.9 Å². The molecule has 21 heavy (non-hydrogen) atoms. The van der Waals surface area contributed by atoms with Gasteiger partial charge in [0.1, 0.15) is 10.6 Å². The lowest BCUT2D eigenvalue weighted by molar-refractivity contribution is 0.103. The van der Waals surface area contributed by atoms with E-state index >= 15 is 0 Å². The maximum Gasteiger partial charge on any atom is 0.240 e. The molecular formula is C14H14N2O4S. The molecule has 0 unspecified atom stereocenters. The van der Waals surface area contributed by atoms with E-state index in [1.54, 1.807) is 24.3 Å². The van der Waals surface area contributed by atoms with E-state index in [4.69, 9.17) is 15.6 Å². The minimum Gasteiger partial charge on any atom is -0.497 e. The van der Waals surface area contributed by atoms with Gasteiger partial charge >= 0.3 is 0 Å². The predicted octanol–water partition coefficient (Wildman–Crippen LogP) is 1.16. The second-order valence-electron chi connectivity index (χ2n) is 4.36. The van der Waals surface area contributed by atoms with Crippen molar-refractivity contribution in [2.45, 2.75) is 4.90 Å². The molecule has 0 aliphatic heterocycles. The minimum atomic E-state index is -3.98. The van der Waals surface area contributed by atoms with E-state index < -0.39 is 10.0 Å². The van der Waals surface area contributed by atoms with Gasteiger partial charge in [-0.15, -0.1) is 0 Å². The zero-order valence-electron chi connectivity index (χ0n) is 11.2.